The third-order valence-electron chi connectivity index (χ3n) is 4.77. The van der Waals surface area contributed by atoms with Crippen molar-refractivity contribution in [1.82, 2.24) is 9.80 Å². The summed E-state index contributed by atoms with van der Waals surface area (Å²) in [6, 6.07) is 10.6. The van der Waals surface area contributed by atoms with Crippen molar-refractivity contribution in [1.29, 1.82) is 0 Å². The molecule has 19 heavy (non-hydrogen) atoms. The lowest BCUT2D eigenvalue weighted by atomic mass is 10.0. The fourth-order valence-electron chi connectivity index (χ4n) is 3.57. The average molecular weight is 276 g/mol. The lowest BCUT2D eigenvalue weighted by Crippen LogP contribution is -2.55. The van der Waals surface area contributed by atoms with Gasteiger partial charge < -0.3 is 0 Å². The zero-order valence-electron chi connectivity index (χ0n) is 12.0. The van der Waals surface area contributed by atoms with Gasteiger partial charge in [0.25, 0.3) is 0 Å². The summed E-state index contributed by atoms with van der Waals surface area (Å²) in [6.45, 7) is 7.34. The van der Waals surface area contributed by atoms with E-state index in [0.717, 1.165) is 12.6 Å². The van der Waals surface area contributed by atoms with E-state index >= 15 is 0 Å². The number of thioether (sulfide) groups is 1. The predicted octanol–water partition coefficient (Wildman–Crippen LogP) is 3.08. The van der Waals surface area contributed by atoms with Crippen LogP contribution < -0.4 is 0 Å². The largest absolute Gasteiger partial charge is 0.298 e. The molecule has 3 heteroatoms. The SMILES string of the molecule is CSc1ccc(CN2CCN3CCC[C@H]3[C@@H]2C)cc1. The Hall–Kier alpha value is -0.510. The summed E-state index contributed by atoms with van der Waals surface area (Å²) in [5.41, 5.74) is 1.45. The van der Waals surface area contributed by atoms with E-state index in [2.05, 4.69) is 47.2 Å². The van der Waals surface area contributed by atoms with Crippen molar-refractivity contribution in [2.75, 3.05) is 25.9 Å². The van der Waals surface area contributed by atoms with Crippen LogP contribution in [0.15, 0.2) is 29.2 Å². The van der Waals surface area contributed by atoms with Gasteiger partial charge in [0.1, 0.15) is 0 Å². The number of hydrogen-bond donors (Lipinski definition) is 0. The van der Waals surface area contributed by atoms with E-state index in [9.17, 15) is 0 Å². The van der Waals surface area contributed by atoms with E-state index < -0.39 is 0 Å². The van der Waals surface area contributed by atoms with Gasteiger partial charge >= 0.3 is 0 Å². The number of rotatable bonds is 3. The molecule has 0 amide bonds. The maximum atomic E-state index is 2.69. The van der Waals surface area contributed by atoms with Crippen LogP contribution in [0.3, 0.4) is 0 Å². The smallest absolute Gasteiger partial charge is 0.0250 e. The molecule has 0 aromatic heterocycles. The summed E-state index contributed by atoms with van der Waals surface area (Å²) in [6.07, 6.45) is 4.92. The van der Waals surface area contributed by atoms with Crippen molar-refractivity contribution < 1.29 is 0 Å². The molecule has 2 aliphatic rings. The molecule has 0 radical (unpaired) electrons. The second-order valence-corrected chi connectivity index (χ2v) is 6.68. The summed E-state index contributed by atoms with van der Waals surface area (Å²) >= 11 is 1.82. The van der Waals surface area contributed by atoms with Crippen molar-refractivity contribution in [2.24, 2.45) is 0 Å². The van der Waals surface area contributed by atoms with E-state index in [0.29, 0.717) is 6.04 Å². The van der Waals surface area contributed by atoms with Gasteiger partial charge in [-0.15, -0.1) is 11.8 Å². The van der Waals surface area contributed by atoms with Crippen molar-refractivity contribution in [3.05, 3.63) is 29.8 Å². The molecule has 2 fully saturated rings. The summed E-state index contributed by atoms with van der Waals surface area (Å²) in [4.78, 5) is 6.72. The van der Waals surface area contributed by atoms with Crippen molar-refractivity contribution in [2.45, 2.75) is 43.3 Å². The first-order valence-electron chi connectivity index (χ1n) is 7.39. The minimum atomic E-state index is 0.705. The fourth-order valence-corrected chi connectivity index (χ4v) is 3.98. The summed E-state index contributed by atoms with van der Waals surface area (Å²) < 4.78 is 0. The van der Waals surface area contributed by atoms with E-state index in [1.165, 1.54) is 42.9 Å². The zero-order valence-corrected chi connectivity index (χ0v) is 12.8. The van der Waals surface area contributed by atoms with Gasteiger partial charge in [0.05, 0.1) is 0 Å². The number of piperazine rings is 1. The van der Waals surface area contributed by atoms with Gasteiger partial charge in [-0.2, -0.15) is 0 Å². The molecule has 2 atom stereocenters. The molecule has 2 heterocycles. The normalized spacial score (nSPS) is 28.5. The molecule has 0 bridgehead atoms. The molecule has 3 rings (SSSR count). The second-order valence-electron chi connectivity index (χ2n) is 5.80. The lowest BCUT2D eigenvalue weighted by molar-refractivity contribution is 0.0470. The lowest BCUT2D eigenvalue weighted by Gasteiger charge is -2.43. The highest BCUT2D eigenvalue weighted by Crippen LogP contribution is 2.27. The zero-order chi connectivity index (χ0) is 13.2. The molecule has 104 valence electrons. The highest BCUT2D eigenvalue weighted by Gasteiger charge is 2.36. The summed E-state index contributed by atoms with van der Waals surface area (Å²) in [7, 11) is 0. The first kappa shape index (κ1) is 13.5. The van der Waals surface area contributed by atoms with Crippen LogP contribution in [0, 0.1) is 0 Å². The second kappa shape index (κ2) is 5.86. The summed E-state index contributed by atoms with van der Waals surface area (Å²) in [5, 5.41) is 0. The van der Waals surface area contributed by atoms with Crippen LogP contribution in [0.25, 0.3) is 0 Å². The molecule has 0 aliphatic carbocycles. The fraction of sp³-hybridized carbons (Fsp3) is 0.625. The molecule has 2 nitrogen and oxygen atoms in total. The first-order valence-corrected chi connectivity index (χ1v) is 8.61. The Bertz CT molecular complexity index is 417. The maximum absolute atomic E-state index is 2.69. The van der Waals surface area contributed by atoms with Crippen LogP contribution in [0.4, 0.5) is 0 Å². The van der Waals surface area contributed by atoms with Gasteiger partial charge in [-0.25, -0.2) is 0 Å². The van der Waals surface area contributed by atoms with E-state index in [1.807, 2.05) is 11.8 Å². The Balaban J connectivity index is 1.65. The summed E-state index contributed by atoms with van der Waals surface area (Å²) in [5.74, 6) is 0. The van der Waals surface area contributed by atoms with Gasteiger partial charge in [-0.3, -0.25) is 9.80 Å². The Morgan fingerprint density at radius 1 is 1.16 bits per heavy atom. The molecule has 2 aliphatic heterocycles. The Kier molecular flexibility index (Phi) is 4.15. The third kappa shape index (κ3) is 2.83. The minimum absolute atomic E-state index is 0.705. The number of benzene rings is 1. The van der Waals surface area contributed by atoms with Gasteiger partial charge in [0.15, 0.2) is 0 Å². The van der Waals surface area contributed by atoms with Crippen LogP contribution in [-0.2, 0) is 6.54 Å². The number of hydrogen-bond acceptors (Lipinski definition) is 3. The molecule has 0 spiro atoms. The Morgan fingerprint density at radius 2 is 1.95 bits per heavy atom. The van der Waals surface area contributed by atoms with Gasteiger partial charge in [-0.05, 0) is 50.3 Å². The van der Waals surface area contributed by atoms with Crippen LogP contribution >= 0.6 is 11.8 Å². The van der Waals surface area contributed by atoms with Gasteiger partial charge in [-0.1, -0.05) is 12.1 Å². The Morgan fingerprint density at radius 3 is 2.68 bits per heavy atom. The van der Waals surface area contributed by atoms with E-state index in [-0.39, 0.29) is 0 Å². The molecular weight excluding hydrogens is 252 g/mol. The quantitative estimate of drug-likeness (QED) is 0.783. The van der Waals surface area contributed by atoms with Gasteiger partial charge in [0, 0.05) is 36.6 Å². The number of fused-ring (bicyclic) bond motifs is 1. The van der Waals surface area contributed by atoms with Crippen LogP contribution in [0.1, 0.15) is 25.3 Å². The molecule has 1 aromatic rings. The van der Waals surface area contributed by atoms with Crippen molar-refractivity contribution >= 4 is 11.8 Å². The average Bonchev–Trinajstić information content (AvgIpc) is 2.92. The maximum Gasteiger partial charge on any atom is 0.0250 e. The van der Waals surface area contributed by atoms with Gasteiger partial charge in [0.2, 0.25) is 0 Å². The Labute approximate surface area is 121 Å². The molecule has 0 saturated carbocycles. The van der Waals surface area contributed by atoms with Crippen LogP contribution in [-0.4, -0.2) is 47.8 Å². The molecule has 2 saturated heterocycles. The van der Waals surface area contributed by atoms with E-state index in [4.69, 9.17) is 0 Å². The number of nitrogens with zero attached hydrogens (tertiary/aromatic N) is 2. The van der Waals surface area contributed by atoms with Crippen LogP contribution in [0.5, 0.6) is 0 Å². The highest BCUT2D eigenvalue weighted by molar-refractivity contribution is 7.98. The van der Waals surface area contributed by atoms with Crippen molar-refractivity contribution in [3.8, 4) is 0 Å². The van der Waals surface area contributed by atoms with Crippen LogP contribution in [0.2, 0.25) is 0 Å². The molecular formula is C16H24N2S. The molecule has 0 unspecified atom stereocenters. The monoisotopic (exact) mass is 276 g/mol. The van der Waals surface area contributed by atoms with Crippen molar-refractivity contribution in [3.63, 3.8) is 0 Å². The first-order chi connectivity index (χ1) is 9.28. The van der Waals surface area contributed by atoms with E-state index in [1.54, 1.807) is 0 Å². The third-order valence-corrected chi connectivity index (χ3v) is 5.51. The minimum Gasteiger partial charge on any atom is -0.298 e. The predicted molar refractivity (Wildman–Crippen MR) is 82.7 cm³/mol. The topological polar surface area (TPSA) is 6.48 Å². The molecule has 1 aromatic carbocycles. The highest BCUT2D eigenvalue weighted by atomic mass is 32.2. The molecule has 0 N–H and O–H groups in total. The standard InChI is InChI=1S/C16H24N2S/c1-13-16-4-3-9-17(16)10-11-18(13)12-14-5-7-15(19-2)8-6-14/h5-8,13,16H,3-4,9-12H2,1-2H3/t13-,16-/m0/s1.